The summed E-state index contributed by atoms with van der Waals surface area (Å²) in [6.45, 7) is 2.65. The summed E-state index contributed by atoms with van der Waals surface area (Å²) in [7, 11) is 0. The van der Waals surface area contributed by atoms with Gasteiger partial charge in [0.2, 0.25) is 0 Å². The molecule has 1 aromatic carbocycles. The molecule has 2 rings (SSSR count). The van der Waals surface area contributed by atoms with Crippen LogP contribution in [0.2, 0.25) is 0 Å². The van der Waals surface area contributed by atoms with Crippen LogP contribution in [0.5, 0.6) is 0 Å². The average molecular weight is 269 g/mol. The molecule has 2 unspecified atom stereocenters. The molecule has 0 aromatic heterocycles. The number of halogens is 2. The molecule has 0 radical (unpaired) electrons. The number of anilines is 1. The Morgan fingerprint density at radius 3 is 2.47 bits per heavy atom. The fourth-order valence-corrected chi connectivity index (χ4v) is 2.62. The summed E-state index contributed by atoms with van der Waals surface area (Å²) in [5.41, 5.74) is -0.612. The van der Waals surface area contributed by atoms with Crippen LogP contribution in [0, 0.1) is 23.5 Å². The highest BCUT2D eigenvalue weighted by molar-refractivity contribution is 5.88. The largest absolute Gasteiger partial charge is 0.478 e. The second-order valence-electron chi connectivity index (χ2n) is 5.17. The third-order valence-corrected chi connectivity index (χ3v) is 3.87. The number of hydrogen-bond donors (Lipinski definition) is 2. The molecule has 0 aliphatic heterocycles. The summed E-state index contributed by atoms with van der Waals surface area (Å²) in [6.07, 6.45) is 3.36. The zero-order chi connectivity index (χ0) is 14.0. The highest BCUT2D eigenvalue weighted by Crippen LogP contribution is 2.32. The molecule has 104 valence electrons. The third kappa shape index (κ3) is 3.03. The molecule has 0 heterocycles. The summed E-state index contributed by atoms with van der Waals surface area (Å²) >= 11 is 0. The van der Waals surface area contributed by atoms with Crippen molar-refractivity contribution in [3.63, 3.8) is 0 Å². The lowest BCUT2D eigenvalue weighted by molar-refractivity contribution is 0.0696. The Morgan fingerprint density at radius 1 is 1.37 bits per heavy atom. The number of nitrogens with one attached hydrogen (secondary N) is 1. The van der Waals surface area contributed by atoms with Crippen molar-refractivity contribution in [3.05, 3.63) is 29.3 Å². The van der Waals surface area contributed by atoms with Crippen molar-refractivity contribution in [1.29, 1.82) is 0 Å². The lowest BCUT2D eigenvalue weighted by atomic mass is 9.98. The minimum Gasteiger partial charge on any atom is -0.478 e. The van der Waals surface area contributed by atoms with Gasteiger partial charge in [-0.05, 0) is 30.4 Å². The third-order valence-electron chi connectivity index (χ3n) is 3.87. The van der Waals surface area contributed by atoms with Gasteiger partial charge >= 0.3 is 5.97 Å². The first-order chi connectivity index (χ1) is 8.99. The maximum absolute atomic E-state index is 13.7. The molecule has 19 heavy (non-hydrogen) atoms. The Morgan fingerprint density at radius 2 is 2.00 bits per heavy atom. The van der Waals surface area contributed by atoms with E-state index in [0.717, 1.165) is 31.4 Å². The Hall–Kier alpha value is -1.65. The van der Waals surface area contributed by atoms with E-state index in [0.29, 0.717) is 18.4 Å². The topological polar surface area (TPSA) is 49.3 Å². The number of aromatic carboxylic acids is 1. The normalized spacial score (nSPS) is 22.5. The smallest absolute Gasteiger partial charge is 0.335 e. The van der Waals surface area contributed by atoms with E-state index in [2.05, 4.69) is 12.2 Å². The molecule has 1 aromatic rings. The molecular formula is C14H17F2NO2. The quantitative estimate of drug-likeness (QED) is 0.879. The van der Waals surface area contributed by atoms with Gasteiger partial charge in [-0.25, -0.2) is 13.6 Å². The van der Waals surface area contributed by atoms with Crippen LogP contribution in [0.25, 0.3) is 0 Å². The molecule has 2 atom stereocenters. The van der Waals surface area contributed by atoms with E-state index in [-0.39, 0.29) is 11.3 Å². The van der Waals surface area contributed by atoms with Crippen molar-refractivity contribution in [2.45, 2.75) is 26.2 Å². The predicted octanol–water partition coefficient (Wildman–Crippen LogP) is 3.51. The Balaban J connectivity index is 2.10. The lowest BCUT2D eigenvalue weighted by Crippen LogP contribution is -2.18. The number of hydrogen-bond acceptors (Lipinski definition) is 2. The number of rotatable bonds is 4. The maximum Gasteiger partial charge on any atom is 0.335 e. The van der Waals surface area contributed by atoms with E-state index in [1.807, 2.05) is 0 Å². The molecule has 1 saturated carbocycles. The van der Waals surface area contributed by atoms with E-state index in [4.69, 9.17) is 5.11 Å². The van der Waals surface area contributed by atoms with Crippen LogP contribution in [-0.4, -0.2) is 17.6 Å². The van der Waals surface area contributed by atoms with Gasteiger partial charge in [-0.2, -0.15) is 0 Å². The first-order valence-corrected chi connectivity index (χ1v) is 6.45. The average Bonchev–Trinajstić information content (AvgIpc) is 2.73. The van der Waals surface area contributed by atoms with Crippen LogP contribution in [0.4, 0.5) is 14.5 Å². The van der Waals surface area contributed by atoms with Gasteiger partial charge in [0.05, 0.1) is 5.56 Å². The fourth-order valence-electron chi connectivity index (χ4n) is 2.62. The van der Waals surface area contributed by atoms with Crippen molar-refractivity contribution >= 4 is 11.7 Å². The molecule has 5 heteroatoms. The SMILES string of the molecule is CC1CCCC1CNc1c(F)cc(C(=O)O)cc1F. The van der Waals surface area contributed by atoms with Crippen molar-refractivity contribution < 1.29 is 18.7 Å². The summed E-state index contributed by atoms with van der Waals surface area (Å²) in [6, 6.07) is 1.68. The Bertz CT molecular complexity index is 467. The number of benzene rings is 1. The summed E-state index contributed by atoms with van der Waals surface area (Å²) < 4.78 is 27.4. The van der Waals surface area contributed by atoms with E-state index in [1.54, 1.807) is 0 Å². The Labute approximate surface area is 110 Å². The first-order valence-electron chi connectivity index (χ1n) is 6.45. The highest BCUT2D eigenvalue weighted by Gasteiger charge is 2.24. The summed E-state index contributed by atoms with van der Waals surface area (Å²) in [5.74, 6) is -2.09. The zero-order valence-corrected chi connectivity index (χ0v) is 10.7. The molecule has 1 fully saturated rings. The minimum absolute atomic E-state index is 0.232. The van der Waals surface area contributed by atoms with Crippen LogP contribution < -0.4 is 5.32 Å². The highest BCUT2D eigenvalue weighted by atomic mass is 19.1. The molecule has 2 N–H and O–H groups in total. The van der Waals surface area contributed by atoms with Crippen molar-refractivity contribution in [2.75, 3.05) is 11.9 Å². The second kappa shape index (κ2) is 5.55. The summed E-state index contributed by atoms with van der Waals surface area (Å²) in [5, 5.41) is 11.5. The van der Waals surface area contributed by atoms with Gasteiger partial charge in [0.1, 0.15) is 17.3 Å². The van der Waals surface area contributed by atoms with Crippen molar-refractivity contribution in [1.82, 2.24) is 0 Å². The van der Waals surface area contributed by atoms with Gasteiger partial charge in [0.25, 0.3) is 0 Å². The van der Waals surface area contributed by atoms with Crippen LogP contribution in [-0.2, 0) is 0 Å². The van der Waals surface area contributed by atoms with Crippen LogP contribution in [0.3, 0.4) is 0 Å². The number of carboxylic acids is 1. The summed E-state index contributed by atoms with van der Waals surface area (Å²) in [4.78, 5) is 10.7. The van der Waals surface area contributed by atoms with Crippen molar-refractivity contribution in [2.24, 2.45) is 11.8 Å². The van der Waals surface area contributed by atoms with E-state index in [1.165, 1.54) is 0 Å². The Kier molecular flexibility index (Phi) is 4.02. The maximum atomic E-state index is 13.7. The molecule has 0 bridgehead atoms. The second-order valence-corrected chi connectivity index (χ2v) is 5.17. The van der Waals surface area contributed by atoms with Gasteiger partial charge in [-0.3, -0.25) is 0 Å². The minimum atomic E-state index is -1.34. The molecule has 3 nitrogen and oxygen atoms in total. The molecule has 0 amide bonds. The number of carbonyl (C=O) groups is 1. The van der Waals surface area contributed by atoms with Gasteiger partial charge in [0.15, 0.2) is 0 Å². The lowest BCUT2D eigenvalue weighted by Gasteiger charge is -2.17. The van der Waals surface area contributed by atoms with Gasteiger partial charge in [0, 0.05) is 6.54 Å². The van der Waals surface area contributed by atoms with Gasteiger partial charge < -0.3 is 10.4 Å². The first kappa shape index (κ1) is 13.8. The van der Waals surface area contributed by atoms with E-state index in [9.17, 15) is 13.6 Å². The molecule has 0 spiro atoms. The zero-order valence-electron chi connectivity index (χ0n) is 10.7. The van der Waals surface area contributed by atoms with E-state index >= 15 is 0 Å². The molecular weight excluding hydrogens is 252 g/mol. The standard InChI is InChI=1S/C14H17F2NO2/c1-8-3-2-4-9(8)7-17-13-11(15)5-10(14(18)19)6-12(13)16/h5-6,8-9,17H,2-4,7H2,1H3,(H,18,19). The molecule has 1 aliphatic carbocycles. The predicted molar refractivity (Wildman–Crippen MR) is 68.3 cm³/mol. The monoisotopic (exact) mass is 269 g/mol. The molecule has 1 aliphatic rings. The van der Waals surface area contributed by atoms with Crippen molar-refractivity contribution in [3.8, 4) is 0 Å². The fraction of sp³-hybridized carbons (Fsp3) is 0.500. The van der Waals surface area contributed by atoms with Crippen LogP contribution in [0.1, 0.15) is 36.5 Å². The molecule has 0 saturated heterocycles. The van der Waals surface area contributed by atoms with Crippen LogP contribution >= 0.6 is 0 Å². The van der Waals surface area contributed by atoms with E-state index < -0.39 is 17.6 Å². The number of carboxylic acid groups (broad SMARTS) is 1. The van der Waals surface area contributed by atoms with Gasteiger partial charge in [-0.15, -0.1) is 0 Å². The van der Waals surface area contributed by atoms with Gasteiger partial charge in [-0.1, -0.05) is 19.8 Å². The van der Waals surface area contributed by atoms with Crippen LogP contribution in [0.15, 0.2) is 12.1 Å².